The van der Waals surface area contributed by atoms with Crippen LogP contribution in [0.15, 0.2) is 23.1 Å². The molecule has 0 heterocycles. The Balaban J connectivity index is 2.06. The first kappa shape index (κ1) is 9.87. The van der Waals surface area contributed by atoms with Gasteiger partial charge in [-0.1, -0.05) is 18.2 Å². The van der Waals surface area contributed by atoms with E-state index in [4.69, 9.17) is 5.11 Å². The third-order valence-electron chi connectivity index (χ3n) is 1.78. The summed E-state index contributed by atoms with van der Waals surface area (Å²) in [6, 6.07) is 0. The van der Waals surface area contributed by atoms with Crippen LogP contribution < -0.4 is 0 Å². The minimum atomic E-state index is 0.329. The van der Waals surface area contributed by atoms with Crippen LogP contribution in [-0.4, -0.2) is 17.5 Å². The molecular formula is C10H16OS. The van der Waals surface area contributed by atoms with Crippen molar-refractivity contribution >= 4 is 11.8 Å². The first-order valence-corrected chi connectivity index (χ1v) is 5.52. The summed E-state index contributed by atoms with van der Waals surface area (Å²) in [6.07, 6.45) is 11.2. The van der Waals surface area contributed by atoms with Crippen LogP contribution in [0.1, 0.15) is 25.7 Å². The molecular weight excluding hydrogens is 168 g/mol. The number of allylic oxidation sites excluding steroid dienone is 3. The molecule has 0 atom stereocenters. The molecule has 1 rings (SSSR count). The van der Waals surface area contributed by atoms with Crippen molar-refractivity contribution in [2.24, 2.45) is 0 Å². The second-order valence-electron chi connectivity index (χ2n) is 2.87. The van der Waals surface area contributed by atoms with Crippen LogP contribution in [0, 0.1) is 0 Å². The van der Waals surface area contributed by atoms with Crippen molar-refractivity contribution in [3.8, 4) is 0 Å². The topological polar surface area (TPSA) is 20.2 Å². The number of aliphatic hydroxyl groups is 1. The van der Waals surface area contributed by atoms with E-state index in [1.165, 1.54) is 17.7 Å². The zero-order chi connectivity index (χ0) is 8.65. The summed E-state index contributed by atoms with van der Waals surface area (Å²) in [4.78, 5) is 1.40. The minimum Gasteiger partial charge on any atom is -0.396 e. The molecule has 0 bridgehead atoms. The van der Waals surface area contributed by atoms with Crippen molar-refractivity contribution in [1.29, 1.82) is 0 Å². The summed E-state index contributed by atoms with van der Waals surface area (Å²) in [5.74, 6) is 1.14. The molecule has 2 heteroatoms. The van der Waals surface area contributed by atoms with Crippen LogP contribution in [0.2, 0.25) is 0 Å². The number of thioether (sulfide) groups is 1. The van der Waals surface area contributed by atoms with Crippen LogP contribution in [0.3, 0.4) is 0 Å². The molecule has 12 heavy (non-hydrogen) atoms. The molecule has 0 aliphatic heterocycles. The van der Waals surface area contributed by atoms with E-state index in [2.05, 4.69) is 18.2 Å². The summed E-state index contributed by atoms with van der Waals surface area (Å²) >= 11 is 1.90. The van der Waals surface area contributed by atoms with Crippen molar-refractivity contribution in [3.63, 3.8) is 0 Å². The molecule has 0 saturated carbocycles. The fourth-order valence-electron chi connectivity index (χ4n) is 1.10. The van der Waals surface area contributed by atoms with Crippen LogP contribution in [0.25, 0.3) is 0 Å². The Morgan fingerprint density at radius 3 is 2.92 bits per heavy atom. The maximum Gasteiger partial charge on any atom is 0.0431 e. The predicted octanol–water partition coefficient (Wildman–Crippen LogP) is 2.73. The smallest absolute Gasteiger partial charge is 0.0431 e. The lowest BCUT2D eigenvalue weighted by atomic mass is 10.2. The highest BCUT2D eigenvalue weighted by Crippen LogP contribution is 2.22. The molecule has 1 nitrogen and oxygen atoms in total. The van der Waals surface area contributed by atoms with E-state index in [0.29, 0.717) is 6.61 Å². The van der Waals surface area contributed by atoms with Gasteiger partial charge < -0.3 is 5.11 Å². The van der Waals surface area contributed by atoms with E-state index in [1.54, 1.807) is 0 Å². The third kappa shape index (κ3) is 3.98. The van der Waals surface area contributed by atoms with Gasteiger partial charge in [0.05, 0.1) is 0 Å². The van der Waals surface area contributed by atoms with Crippen LogP contribution in [0.5, 0.6) is 0 Å². The van der Waals surface area contributed by atoms with Gasteiger partial charge in [0.2, 0.25) is 0 Å². The SMILES string of the molecule is OCCCCSC1=CCCC=C1. The highest BCUT2D eigenvalue weighted by molar-refractivity contribution is 8.03. The van der Waals surface area contributed by atoms with Gasteiger partial charge in [0.15, 0.2) is 0 Å². The van der Waals surface area contributed by atoms with Gasteiger partial charge in [-0.15, -0.1) is 11.8 Å². The minimum absolute atomic E-state index is 0.329. The molecule has 0 unspecified atom stereocenters. The summed E-state index contributed by atoms with van der Waals surface area (Å²) in [5, 5.41) is 8.57. The standard InChI is InChI=1S/C10H16OS/c11-8-4-5-9-12-10-6-2-1-3-7-10/h2,6-7,11H,1,3-5,8-9H2. The summed E-state index contributed by atoms with van der Waals surface area (Å²) in [5.41, 5.74) is 0. The third-order valence-corrected chi connectivity index (χ3v) is 2.91. The van der Waals surface area contributed by atoms with Gasteiger partial charge in [0.25, 0.3) is 0 Å². The molecule has 0 saturated heterocycles. The number of aliphatic hydroxyl groups excluding tert-OH is 1. The Hall–Kier alpha value is -0.210. The second-order valence-corrected chi connectivity index (χ2v) is 4.03. The Bertz CT molecular complexity index is 173. The number of hydrogen-bond acceptors (Lipinski definition) is 2. The van der Waals surface area contributed by atoms with E-state index < -0.39 is 0 Å². The maximum atomic E-state index is 8.57. The number of hydrogen-bond donors (Lipinski definition) is 1. The van der Waals surface area contributed by atoms with Gasteiger partial charge in [-0.25, -0.2) is 0 Å². The molecule has 1 N–H and O–H groups in total. The largest absolute Gasteiger partial charge is 0.396 e. The summed E-state index contributed by atoms with van der Waals surface area (Å²) < 4.78 is 0. The maximum absolute atomic E-state index is 8.57. The normalized spacial score (nSPS) is 16.2. The second kappa shape index (κ2) is 6.32. The molecule has 0 fully saturated rings. The Morgan fingerprint density at radius 1 is 1.33 bits per heavy atom. The lowest BCUT2D eigenvalue weighted by Gasteiger charge is -2.05. The molecule has 68 valence electrons. The van der Waals surface area contributed by atoms with Gasteiger partial charge in [0, 0.05) is 11.5 Å². The van der Waals surface area contributed by atoms with Crippen LogP contribution >= 0.6 is 11.8 Å². The zero-order valence-corrected chi connectivity index (χ0v) is 8.15. The molecule has 0 aromatic rings. The van der Waals surface area contributed by atoms with Gasteiger partial charge in [-0.05, 0) is 31.4 Å². The quantitative estimate of drug-likeness (QED) is 0.663. The van der Waals surface area contributed by atoms with Crippen molar-refractivity contribution < 1.29 is 5.11 Å². The van der Waals surface area contributed by atoms with Crippen molar-refractivity contribution in [1.82, 2.24) is 0 Å². The average Bonchev–Trinajstić information content (AvgIpc) is 2.14. The Morgan fingerprint density at radius 2 is 2.25 bits per heavy atom. The van der Waals surface area contributed by atoms with Gasteiger partial charge >= 0.3 is 0 Å². The highest BCUT2D eigenvalue weighted by Gasteiger charge is 1.97. The summed E-state index contributed by atoms with van der Waals surface area (Å²) in [6.45, 7) is 0.329. The van der Waals surface area contributed by atoms with E-state index in [9.17, 15) is 0 Å². The highest BCUT2D eigenvalue weighted by atomic mass is 32.2. The fraction of sp³-hybridized carbons (Fsp3) is 0.600. The predicted molar refractivity (Wildman–Crippen MR) is 55.2 cm³/mol. The Kier molecular flexibility index (Phi) is 5.20. The van der Waals surface area contributed by atoms with E-state index >= 15 is 0 Å². The first-order chi connectivity index (χ1) is 5.93. The average molecular weight is 184 g/mol. The molecule has 0 spiro atoms. The molecule has 0 aromatic carbocycles. The van der Waals surface area contributed by atoms with Crippen LogP contribution in [0.4, 0.5) is 0 Å². The lowest BCUT2D eigenvalue weighted by Crippen LogP contribution is -1.87. The fourth-order valence-corrected chi connectivity index (χ4v) is 2.11. The van der Waals surface area contributed by atoms with Crippen molar-refractivity contribution in [2.75, 3.05) is 12.4 Å². The molecule has 0 amide bonds. The van der Waals surface area contributed by atoms with Crippen molar-refractivity contribution in [2.45, 2.75) is 25.7 Å². The van der Waals surface area contributed by atoms with Gasteiger partial charge in [0.1, 0.15) is 0 Å². The first-order valence-electron chi connectivity index (χ1n) is 4.54. The molecule has 0 radical (unpaired) electrons. The van der Waals surface area contributed by atoms with Crippen molar-refractivity contribution in [3.05, 3.63) is 23.1 Å². The molecule has 1 aliphatic rings. The summed E-state index contributed by atoms with van der Waals surface area (Å²) in [7, 11) is 0. The van der Waals surface area contributed by atoms with Gasteiger partial charge in [-0.3, -0.25) is 0 Å². The van der Waals surface area contributed by atoms with Crippen LogP contribution in [-0.2, 0) is 0 Å². The monoisotopic (exact) mass is 184 g/mol. The molecule has 0 aromatic heterocycles. The Labute approximate surface area is 78.6 Å². The van der Waals surface area contributed by atoms with Gasteiger partial charge in [-0.2, -0.15) is 0 Å². The number of unbranched alkanes of at least 4 members (excludes halogenated alkanes) is 1. The lowest BCUT2D eigenvalue weighted by molar-refractivity contribution is 0.287. The number of rotatable bonds is 5. The van der Waals surface area contributed by atoms with E-state index in [-0.39, 0.29) is 0 Å². The zero-order valence-electron chi connectivity index (χ0n) is 7.33. The van der Waals surface area contributed by atoms with E-state index in [0.717, 1.165) is 18.6 Å². The van der Waals surface area contributed by atoms with E-state index in [1.807, 2.05) is 11.8 Å². The molecule has 1 aliphatic carbocycles.